The molecule has 1 amide bonds. The minimum atomic E-state index is -0.231. The molecule has 1 aromatic rings. The van der Waals surface area contributed by atoms with Crippen LogP contribution in [0.15, 0.2) is 24.3 Å². The Bertz CT molecular complexity index is 516. The Hall–Kier alpha value is -1.83. The van der Waals surface area contributed by atoms with Gasteiger partial charge in [-0.15, -0.1) is 0 Å². The zero-order valence-electron chi connectivity index (χ0n) is 10.7. The molecule has 0 aliphatic carbocycles. The van der Waals surface area contributed by atoms with Crippen molar-refractivity contribution < 1.29 is 15.0 Å². The van der Waals surface area contributed by atoms with Crippen molar-refractivity contribution in [2.45, 2.75) is 18.9 Å². The molecule has 2 rings (SSSR count). The Morgan fingerprint density at radius 3 is 2.89 bits per heavy atom. The third-order valence-corrected chi connectivity index (χ3v) is 3.31. The summed E-state index contributed by atoms with van der Waals surface area (Å²) in [5.74, 6) is 5.25. The van der Waals surface area contributed by atoms with Gasteiger partial charge in [-0.05, 0) is 25.0 Å². The number of carbonyl (C=O) groups excluding carboxylic acids is 1. The van der Waals surface area contributed by atoms with Gasteiger partial charge >= 0.3 is 0 Å². The fraction of sp³-hybridized carbons (Fsp3) is 0.400. The molecule has 1 heterocycles. The second-order valence-corrected chi connectivity index (χ2v) is 4.48. The SMILES string of the molecule is O=C(c1ccccc1C#CCO)N1CCCC1CO. The van der Waals surface area contributed by atoms with Gasteiger partial charge in [-0.3, -0.25) is 4.79 Å². The third kappa shape index (κ3) is 2.95. The molecule has 0 aromatic heterocycles. The van der Waals surface area contributed by atoms with E-state index in [0.717, 1.165) is 12.8 Å². The molecule has 1 fully saturated rings. The third-order valence-electron chi connectivity index (χ3n) is 3.31. The maximum Gasteiger partial charge on any atom is 0.255 e. The fourth-order valence-corrected chi connectivity index (χ4v) is 2.36. The molecule has 0 bridgehead atoms. The first-order valence-corrected chi connectivity index (χ1v) is 6.38. The molecule has 100 valence electrons. The van der Waals surface area contributed by atoms with Gasteiger partial charge in [0.25, 0.3) is 5.91 Å². The van der Waals surface area contributed by atoms with Crippen LogP contribution in [0.2, 0.25) is 0 Å². The number of amides is 1. The molecular formula is C15H17NO3. The van der Waals surface area contributed by atoms with E-state index in [1.54, 1.807) is 23.1 Å². The summed E-state index contributed by atoms with van der Waals surface area (Å²) in [6, 6.07) is 7.01. The normalized spacial score (nSPS) is 18.0. The van der Waals surface area contributed by atoms with Gasteiger partial charge in [-0.1, -0.05) is 24.0 Å². The lowest BCUT2D eigenvalue weighted by atomic mass is 10.1. The van der Waals surface area contributed by atoms with E-state index in [1.807, 2.05) is 6.07 Å². The van der Waals surface area contributed by atoms with Crippen molar-refractivity contribution in [2.75, 3.05) is 19.8 Å². The van der Waals surface area contributed by atoms with Gasteiger partial charge in [0.1, 0.15) is 6.61 Å². The van der Waals surface area contributed by atoms with E-state index in [1.165, 1.54) is 0 Å². The largest absolute Gasteiger partial charge is 0.394 e. The van der Waals surface area contributed by atoms with Crippen LogP contribution in [0.3, 0.4) is 0 Å². The minimum absolute atomic E-state index is 0.00374. The maximum absolute atomic E-state index is 12.5. The molecule has 1 atom stereocenters. The predicted molar refractivity (Wildman–Crippen MR) is 71.6 cm³/mol. The van der Waals surface area contributed by atoms with E-state index < -0.39 is 0 Å². The number of carbonyl (C=O) groups is 1. The smallest absolute Gasteiger partial charge is 0.255 e. The molecule has 0 saturated carbocycles. The van der Waals surface area contributed by atoms with Gasteiger partial charge in [0, 0.05) is 12.1 Å². The Morgan fingerprint density at radius 1 is 1.37 bits per heavy atom. The predicted octanol–water partition coefficient (Wildman–Crippen LogP) is 0.627. The van der Waals surface area contributed by atoms with Crippen LogP contribution in [-0.2, 0) is 0 Å². The second-order valence-electron chi connectivity index (χ2n) is 4.48. The number of rotatable bonds is 2. The highest BCUT2D eigenvalue weighted by atomic mass is 16.3. The van der Waals surface area contributed by atoms with Crippen molar-refractivity contribution in [2.24, 2.45) is 0 Å². The van der Waals surface area contributed by atoms with Crippen LogP contribution in [0.4, 0.5) is 0 Å². The first kappa shape index (κ1) is 13.6. The Kier molecular flexibility index (Phi) is 4.56. The highest BCUT2D eigenvalue weighted by Crippen LogP contribution is 2.21. The number of likely N-dealkylation sites (tertiary alicyclic amines) is 1. The van der Waals surface area contributed by atoms with Crippen molar-refractivity contribution in [3.05, 3.63) is 35.4 Å². The van der Waals surface area contributed by atoms with E-state index in [0.29, 0.717) is 17.7 Å². The molecule has 1 saturated heterocycles. The highest BCUT2D eigenvalue weighted by Gasteiger charge is 2.29. The molecular weight excluding hydrogens is 242 g/mol. The molecule has 0 radical (unpaired) electrons. The zero-order valence-corrected chi connectivity index (χ0v) is 10.7. The summed E-state index contributed by atoms with van der Waals surface area (Å²) < 4.78 is 0. The average Bonchev–Trinajstić information content (AvgIpc) is 2.93. The van der Waals surface area contributed by atoms with Gasteiger partial charge in [-0.25, -0.2) is 0 Å². The lowest BCUT2D eigenvalue weighted by Crippen LogP contribution is -2.37. The average molecular weight is 259 g/mol. The number of benzene rings is 1. The summed E-state index contributed by atoms with van der Waals surface area (Å²) in [6.07, 6.45) is 1.76. The Balaban J connectivity index is 2.28. The number of hydrogen-bond acceptors (Lipinski definition) is 3. The van der Waals surface area contributed by atoms with Crippen molar-refractivity contribution >= 4 is 5.91 Å². The monoisotopic (exact) mass is 259 g/mol. The van der Waals surface area contributed by atoms with Crippen LogP contribution in [0, 0.1) is 11.8 Å². The van der Waals surface area contributed by atoms with Crippen molar-refractivity contribution in [1.29, 1.82) is 0 Å². The molecule has 1 unspecified atom stereocenters. The number of aliphatic hydroxyl groups is 2. The van der Waals surface area contributed by atoms with Crippen LogP contribution in [0.5, 0.6) is 0 Å². The van der Waals surface area contributed by atoms with Crippen molar-refractivity contribution in [3.8, 4) is 11.8 Å². The van der Waals surface area contributed by atoms with Gasteiger partial charge < -0.3 is 15.1 Å². The molecule has 1 aromatic carbocycles. The molecule has 19 heavy (non-hydrogen) atoms. The molecule has 2 N–H and O–H groups in total. The van der Waals surface area contributed by atoms with Gasteiger partial charge in [-0.2, -0.15) is 0 Å². The summed E-state index contributed by atoms with van der Waals surface area (Å²) in [5.41, 5.74) is 1.15. The number of nitrogens with zero attached hydrogens (tertiary/aromatic N) is 1. The lowest BCUT2D eigenvalue weighted by molar-refractivity contribution is 0.0677. The molecule has 4 nitrogen and oxygen atoms in total. The molecule has 0 spiro atoms. The minimum Gasteiger partial charge on any atom is -0.394 e. The van der Waals surface area contributed by atoms with Crippen LogP contribution >= 0.6 is 0 Å². The first-order valence-electron chi connectivity index (χ1n) is 6.38. The van der Waals surface area contributed by atoms with E-state index in [4.69, 9.17) is 5.11 Å². The lowest BCUT2D eigenvalue weighted by Gasteiger charge is -2.23. The Labute approximate surface area is 112 Å². The number of hydrogen-bond donors (Lipinski definition) is 2. The second kappa shape index (κ2) is 6.37. The van der Waals surface area contributed by atoms with Crippen LogP contribution in [0.1, 0.15) is 28.8 Å². The fourth-order valence-electron chi connectivity index (χ4n) is 2.36. The summed E-state index contributed by atoms with van der Waals surface area (Å²) >= 11 is 0. The summed E-state index contributed by atoms with van der Waals surface area (Å²) in [4.78, 5) is 14.2. The topological polar surface area (TPSA) is 60.8 Å². The summed E-state index contributed by atoms with van der Waals surface area (Å²) in [5, 5.41) is 18.0. The van der Waals surface area contributed by atoms with Crippen LogP contribution in [0.25, 0.3) is 0 Å². The summed E-state index contributed by atoms with van der Waals surface area (Å²) in [7, 11) is 0. The summed E-state index contributed by atoms with van der Waals surface area (Å²) in [6.45, 7) is 0.438. The van der Waals surface area contributed by atoms with Gasteiger partial charge in [0.15, 0.2) is 0 Å². The van der Waals surface area contributed by atoms with Crippen molar-refractivity contribution in [3.63, 3.8) is 0 Å². The standard InChI is InChI=1S/C15H17NO3/c17-10-4-6-12-5-1-2-8-14(12)15(19)16-9-3-7-13(16)11-18/h1-2,5,8,13,17-18H,3,7,9-11H2. The quantitative estimate of drug-likeness (QED) is 0.766. The highest BCUT2D eigenvalue weighted by molar-refractivity contribution is 5.97. The molecule has 4 heteroatoms. The van der Waals surface area contributed by atoms with Crippen molar-refractivity contribution in [1.82, 2.24) is 4.90 Å². The Morgan fingerprint density at radius 2 is 2.16 bits per heavy atom. The van der Waals surface area contributed by atoms with E-state index in [9.17, 15) is 9.90 Å². The zero-order chi connectivity index (χ0) is 13.7. The van der Waals surface area contributed by atoms with Gasteiger partial charge in [0.2, 0.25) is 0 Å². The first-order chi connectivity index (χ1) is 9.27. The number of aliphatic hydroxyl groups excluding tert-OH is 2. The van der Waals surface area contributed by atoms with Gasteiger partial charge in [0.05, 0.1) is 18.2 Å². The maximum atomic E-state index is 12.5. The van der Waals surface area contributed by atoms with Crippen LogP contribution in [-0.4, -0.2) is 46.8 Å². The molecule has 1 aliphatic heterocycles. The van der Waals surface area contributed by atoms with E-state index in [-0.39, 0.29) is 25.2 Å². The van der Waals surface area contributed by atoms with E-state index in [2.05, 4.69) is 11.8 Å². The van der Waals surface area contributed by atoms with Crippen LogP contribution < -0.4 is 0 Å². The van der Waals surface area contributed by atoms with E-state index >= 15 is 0 Å². The molecule has 1 aliphatic rings.